The van der Waals surface area contributed by atoms with Gasteiger partial charge in [0.2, 0.25) is 5.79 Å². The maximum absolute atomic E-state index is 6.39. The Kier molecular flexibility index (Phi) is 8.92. The Labute approximate surface area is 201 Å². The second-order valence-electron chi connectivity index (χ2n) is 7.43. The van der Waals surface area contributed by atoms with E-state index < -0.39 is 5.79 Å². The Hall–Kier alpha value is -0.770. The molecule has 0 aromatic heterocycles. The van der Waals surface area contributed by atoms with E-state index in [2.05, 4.69) is 47.1 Å². The van der Waals surface area contributed by atoms with Crippen LogP contribution in [0, 0.1) is 0 Å². The van der Waals surface area contributed by atoms with Crippen LogP contribution in [0.25, 0.3) is 0 Å². The van der Waals surface area contributed by atoms with Gasteiger partial charge in [0, 0.05) is 35.4 Å². The standard InChI is InChI=1S/C22H27Cl2IN2O3/c1-15(2)26-9-10-27-17-4-6-18(7-5-17)28-12-19-13-29-22(14-25,30-19)20-8-3-16(23)11-21(20)24/h3-8,11,15,19,26-27H,9-10,12-14H2,1-2H3/t19-,22-/m0/s1. The van der Waals surface area contributed by atoms with Crippen molar-refractivity contribution in [2.75, 3.05) is 36.0 Å². The number of halogens is 3. The molecule has 2 N–H and O–H groups in total. The summed E-state index contributed by atoms with van der Waals surface area (Å²) in [4.78, 5) is 0. The number of alkyl halides is 1. The second kappa shape index (κ2) is 11.2. The summed E-state index contributed by atoms with van der Waals surface area (Å²) >= 11 is 14.7. The Morgan fingerprint density at radius 2 is 1.93 bits per heavy atom. The van der Waals surface area contributed by atoms with Crippen LogP contribution in [0.2, 0.25) is 10.0 Å². The lowest BCUT2D eigenvalue weighted by Crippen LogP contribution is -2.31. The number of ether oxygens (including phenoxy) is 3. The normalized spacial score (nSPS) is 21.2. The van der Waals surface area contributed by atoms with Crippen molar-refractivity contribution in [1.82, 2.24) is 5.32 Å². The fourth-order valence-electron chi connectivity index (χ4n) is 3.15. The predicted molar refractivity (Wildman–Crippen MR) is 131 cm³/mol. The molecule has 0 unspecified atom stereocenters. The van der Waals surface area contributed by atoms with E-state index >= 15 is 0 Å². The predicted octanol–water partition coefficient (Wildman–Crippen LogP) is 5.49. The molecule has 1 fully saturated rings. The molecule has 0 bridgehead atoms. The van der Waals surface area contributed by atoms with E-state index in [1.54, 1.807) is 12.1 Å². The summed E-state index contributed by atoms with van der Waals surface area (Å²) in [5.41, 5.74) is 1.85. The lowest BCUT2D eigenvalue weighted by molar-refractivity contribution is -0.158. The number of anilines is 1. The van der Waals surface area contributed by atoms with Gasteiger partial charge in [-0.25, -0.2) is 0 Å². The van der Waals surface area contributed by atoms with Crippen molar-refractivity contribution in [1.29, 1.82) is 0 Å². The minimum Gasteiger partial charge on any atom is -0.491 e. The third kappa shape index (κ3) is 6.37. The third-order valence-corrected chi connectivity index (χ3v) is 6.23. The summed E-state index contributed by atoms with van der Waals surface area (Å²) in [6.07, 6.45) is -0.188. The number of benzene rings is 2. The van der Waals surface area contributed by atoms with Crippen LogP contribution in [0.3, 0.4) is 0 Å². The van der Waals surface area contributed by atoms with E-state index in [9.17, 15) is 0 Å². The molecule has 8 heteroatoms. The van der Waals surface area contributed by atoms with Crippen molar-refractivity contribution in [2.45, 2.75) is 31.8 Å². The molecule has 0 spiro atoms. The van der Waals surface area contributed by atoms with Gasteiger partial charge < -0.3 is 24.8 Å². The van der Waals surface area contributed by atoms with Gasteiger partial charge in [-0.2, -0.15) is 0 Å². The first kappa shape index (κ1) is 23.9. The van der Waals surface area contributed by atoms with Gasteiger partial charge in [0.05, 0.1) is 16.1 Å². The van der Waals surface area contributed by atoms with Gasteiger partial charge in [-0.05, 0) is 36.4 Å². The summed E-state index contributed by atoms with van der Waals surface area (Å²) < 4.78 is 18.8. The highest BCUT2D eigenvalue weighted by atomic mass is 127. The lowest BCUT2D eigenvalue weighted by atomic mass is 10.1. The average molecular weight is 565 g/mol. The maximum atomic E-state index is 6.39. The fourth-order valence-corrected chi connectivity index (χ4v) is 4.52. The molecule has 5 nitrogen and oxygen atoms in total. The Morgan fingerprint density at radius 3 is 2.60 bits per heavy atom. The van der Waals surface area contributed by atoms with Gasteiger partial charge >= 0.3 is 0 Å². The van der Waals surface area contributed by atoms with Crippen LogP contribution in [-0.2, 0) is 15.3 Å². The quantitative estimate of drug-likeness (QED) is 0.227. The molecular formula is C22H27Cl2IN2O3. The highest BCUT2D eigenvalue weighted by Crippen LogP contribution is 2.40. The molecule has 2 aromatic rings. The Morgan fingerprint density at radius 1 is 1.17 bits per heavy atom. The van der Waals surface area contributed by atoms with E-state index in [4.69, 9.17) is 37.4 Å². The summed E-state index contributed by atoms with van der Waals surface area (Å²) in [5.74, 6) is -0.0883. The summed E-state index contributed by atoms with van der Waals surface area (Å²) in [6, 6.07) is 13.8. The average Bonchev–Trinajstić information content (AvgIpc) is 3.15. The van der Waals surface area contributed by atoms with Crippen molar-refractivity contribution < 1.29 is 14.2 Å². The summed E-state index contributed by atoms with van der Waals surface area (Å²) in [6.45, 7) is 6.90. The minimum absolute atomic E-state index is 0.188. The molecule has 0 radical (unpaired) electrons. The van der Waals surface area contributed by atoms with Gasteiger partial charge in [0.1, 0.15) is 18.5 Å². The van der Waals surface area contributed by atoms with Crippen LogP contribution in [0.15, 0.2) is 42.5 Å². The van der Waals surface area contributed by atoms with E-state index in [1.165, 1.54) is 0 Å². The zero-order chi connectivity index (χ0) is 21.6. The molecule has 0 saturated carbocycles. The van der Waals surface area contributed by atoms with Crippen LogP contribution < -0.4 is 15.4 Å². The van der Waals surface area contributed by atoms with Crippen LogP contribution in [0.5, 0.6) is 5.75 Å². The van der Waals surface area contributed by atoms with Crippen molar-refractivity contribution >= 4 is 51.5 Å². The zero-order valence-electron chi connectivity index (χ0n) is 17.1. The number of hydrogen-bond acceptors (Lipinski definition) is 5. The van der Waals surface area contributed by atoms with Gasteiger partial charge in [-0.1, -0.05) is 65.7 Å². The first-order chi connectivity index (χ1) is 14.4. The number of nitrogens with one attached hydrogen (secondary N) is 2. The summed E-state index contributed by atoms with van der Waals surface area (Å²) in [7, 11) is 0. The third-order valence-electron chi connectivity index (χ3n) is 4.67. The van der Waals surface area contributed by atoms with Gasteiger partial charge in [0.25, 0.3) is 0 Å². The first-order valence-electron chi connectivity index (χ1n) is 9.95. The van der Waals surface area contributed by atoms with Crippen LogP contribution >= 0.6 is 45.8 Å². The molecule has 0 aliphatic carbocycles. The van der Waals surface area contributed by atoms with E-state index in [-0.39, 0.29) is 6.10 Å². The summed E-state index contributed by atoms with van der Waals surface area (Å²) in [5, 5.41) is 7.88. The fraction of sp³-hybridized carbons (Fsp3) is 0.455. The second-order valence-corrected chi connectivity index (χ2v) is 9.04. The van der Waals surface area contributed by atoms with Crippen LogP contribution in [0.4, 0.5) is 5.69 Å². The van der Waals surface area contributed by atoms with Gasteiger partial charge in [-0.3, -0.25) is 0 Å². The highest BCUT2D eigenvalue weighted by Gasteiger charge is 2.44. The topological polar surface area (TPSA) is 51.8 Å². The molecule has 1 aliphatic heterocycles. The number of rotatable bonds is 10. The number of hydrogen-bond donors (Lipinski definition) is 2. The van der Waals surface area contributed by atoms with Crippen molar-refractivity contribution in [2.24, 2.45) is 0 Å². The highest BCUT2D eigenvalue weighted by molar-refractivity contribution is 14.1. The van der Waals surface area contributed by atoms with Crippen LogP contribution in [-0.4, -0.2) is 42.9 Å². The minimum atomic E-state index is -0.881. The molecule has 1 saturated heterocycles. The monoisotopic (exact) mass is 564 g/mol. The van der Waals surface area contributed by atoms with E-state index in [0.717, 1.165) is 30.1 Å². The van der Waals surface area contributed by atoms with Crippen molar-refractivity contribution in [3.05, 3.63) is 58.1 Å². The van der Waals surface area contributed by atoms with Gasteiger partial charge in [-0.15, -0.1) is 0 Å². The molecule has 30 heavy (non-hydrogen) atoms. The Balaban J connectivity index is 1.51. The maximum Gasteiger partial charge on any atom is 0.206 e. The molecule has 1 aliphatic rings. The molecular weight excluding hydrogens is 538 g/mol. The van der Waals surface area contributed by atoms with Crippen LogP contribution in [0.1, 0.15) is 19.4 Å². The van der Waals surface area contributed by atoms with E-state index in [0.29, 0.717) is 33.7 Å². The molecule has 0 amide bonds. The molecule has 2 aromatic carbocycles. The largest absolute Gasteiger partial charge is 0.491 e. The first-order valence-corrected chi connectivity index (χ1v) is 12.2. The van der Waals surface area contributed by atoms with Crippen molar-refractivity contribution in [3.63, 3.8) is 0 Å². The molecule has 3 rings (SSSR count). The molecule has 2 atom stereocenters. The lowest BCUT2D eigenvalue weighted by Gasteiger charge is -2.27. The smallest absolute Gasteiger partial charge is 0.206 e. The molecule has 164 valence electrons. The van der Waals surface area contributed by atoms with Gasteiger partial charge in [0.15, 0.2) is 0 Å². The SMILES string of the molecule is CC(C)NCCNc1ccc(OC[C@H]2CO[C@](CI)(c3ccc(Cl)cc3Cl)O2)cc1. The van der Waals surface area contributed by atoms with E-state index in [1.807, 2.05) is 30.3 Å². The van der Waals surface area contributed by atoms with Crippen molar-refractivity contribution in [3.8, 4) is 5.75 Å². The zero-order valence-corrected chi connectivity index (χ0v) is 20.8. The molecule has 1 heterocycles. The Bertz CT molecular complexity index is 823.